The third-order valence-corrected chi connectivity index (χ3v) is 4.00. The van der Waals surface area contributed by atoms with Crippen LogP contribution in [-0.4, -0.2) is 15.9 Å². The second-order valence-electron chi connectivity index (χ2n) is 5.88. The summed E-state index contributed by atoms with van der Waals surface area (Å²) in [4.78, 5) is 20.5. The van der Waals surface area contributed by atoms with Gasteiger partial charge >= 0.3 is 0 Å². The van der Waals surface area contributed by atoms with Crippen molar-refractivity contribution in [1.29, 1.82) is 5.26 Å². The Morgan fingerprint density at radius 2 is 1.92 bits per heavy atom. The molecular formula is C21H18N4O. The summed E-state index contributed by atoms with van der Waals surface area (Å²) in [6.45, 7) is 0.460. The van der Waals surface area contributed by atoms with E-state index in [1.54, 1.807) is 30.7 Å². The fourth-order valence-corrected chi connectivity index (χ4v) is 2.55. The lowest BCUT2D eigenvalue weighted by atomic mass is 10.1. The molecule has 0 aliphatic heterocycles. The van der Waals surface area contributed by atoms with Gasteiger partial charge in [-0.25, -0.2) is 0 Å². The Balaban J connectivity index is 1.52. The first-order valence-corrected chi connectivity index (χ1v) is 8.35. The van der Waals surface area contributed by atoms with Gasteiger partial charge in [0.15, 0.2) is 0 Å². The normalized spacial score (nSPS) is 10.1. The van der Waals surface area contributed by atoms with Crippen LogP contribution in [0.4, 0.5) is 0 Å². The molecule has 26 heavy (non-hydrogen) atoms. The third-order valence-electron chi connectivity index (χ3n) is 4.00. The number of hydrogen-bond acceptors (Lipinski definition) is 4. The van der Waals surface area contributed by atoms with E-state index < -0.39 is 0 Å². The molecule has 0 aliphatic carbocycles. The lowest BCUT2D eigenvalue weighted by Gasteiger charge is -2.07. The second-order valence-corrected chi connectivity index (χ2v) is 5.88. The van der Waals surface area contributed by atoms with Crippen LogP contribution < -0.4 is 5.32 Å². The maximum Gasteiger partial charge on any atom is 0.220 e. The zero-order chi connectivity index (χ0) is 18.2. The molecule has 0 bridgehead atoms. The smallest absolute Gasteiger partial charge is 0.220 e. The van der Waals surface area contributed by atoms with E-state index in [-0.39, 0.29) is 5.91 Å². The maximum absolute atomic E-state index is 12.1. The van der Waals surface area contributed by atoms with Gasteiger partial charge in [-0.1, -0.05) is 12.1 Å². The summed E-state index contributed by atoms with van der Waals surface area (Å²) in [6, 6.07) is 17.1. The van der Waals surface area contributed by atoms with E-state index in [0.29, 0.717) is 24.9 Å². The predicted octanol–water partition coefficient (Wildman–Crippen LogP) is 3.26. The van der Waals surface area contributed by atoms with Crippen LogP contribution in [0.2, 0.25) is 0 Å². The maximum atomic E-state index is 12.1. The monoisotopic (exact) mass is 342 g/mol. The van der Waals surface area contributed by atoms with E-state index in [0.717, 1.165) is 22.4 Å². The number of aromatic nitrogens is 2. The number of nitrogens with zero attached hydrogens (tertiary/aromatic N) is 3. The molecule has 0 spiro atoms. The molecule has 0 saturated carbocycles. The van der Waals surface area contributed by atoms with Crippen LogP contribution >= 0.6 is 0 Å². The van der Waals surface area contributed by atoms with Crippen LogP contribution in [-0.2, 0) is 17.8 Å². The standard InChI is InChI=1S/C21H18N4O/c22-13-17-5-3-16(4-6-17)7-8-21(26)25-14-18-9-11-24-20(12-18)19-2-1-10-23-15-19/h1-6,9-12,15H,7-8,14H2,(H,25,26). The average molecular weight is 342 g/mol. The Hall–Kier alpha value is -3.52. The van der Waals surface area contributed by atoms with Gasteiger partial charge < -0.3 is 5.32 Å². The molecule has 1 aromatic carbocycles. The number of carbonyl (C=O) groups is 1. The number of nitriles is 1. The van der Waals surface area contributed by atoms with E-state index in [1.165, 1.54) is 0 Å². The van der Waals surface area contributed by atoms with Gasteiger partial charge in [-0.2, -0.15) is 5.26 Å². The summed E-state index contributed by atoms with van der Waals surface area (Å²) in [6.07, 6.45) is 6.28. The van der Waals surface area contributed by atoms with Crippen molar-refractivity contribution in [3.63, 3.8) is 0 Å². The minimum Gasteiger partial charge on any atom is -0.352 e. The molecular weight excluding hydrogens is 324 g/mol. The van der Waals surface area contributed by atoms with Gasteiger partial charge in [-0.15, -0.1) is 0 Å². The summed E-state index contributed by atoms with van der Waals surface area (Å²) in [7, 11) is 0. The lowest BCUT2D eigenvalue weighted by molar-refractivity contribution is -0.121. The lowest BCUT2D eigenvalue weighted by Crippen LogP contribution is -2.23. The minimum absolute atomic E-state index is 0.00546. The van der Waals surface area contributed by atoms with Crippen molar-refractivity contribution in [2.24, 2.45) is 0 Å². The summed E-state index contributed by atoms with van der Waals surface area (Å²) in [5.74, 6) is -0.00546. The van der Waals surface area contributed by atoms with E-state index in [2.05, 4.69) is 21.4 Å². The Bertz CT molecular complexity index is 915. The van der Waals surface area contributed by atoms with Gasteiger partial charge in [0.2, 0.25) is 5.91 Å². The zero-order valence-electron chi connectivity index (χ0n) is 14.2. The van der Waals surface area contributed by atoms with E-state index in [4.69, 9.17) is 5.26 Å². The molecule has 5 nitrogen and oxygen atoms in total. The number of amides is 1. The first kappa shape index (κ1) is 17.3. The van der Waals surface area contributed by atoms with Crippen molar-refractivity contribution in [2.45, 2.75) is 19.4 Å². The molecule has 3 aromatic rings. The van der Waals surface area contributed by atoms with Crippen LogP contribution in [0, 0.1) is 11.3 Å². The number of rotatable bonds is 6. The molecule has 5 heteroatoms. The highest BCUT2D eigenvalue weighted by atomic mass is 16.1. The van der Waals surface area contributed by atoms with Gasteiger partial charge in [0.25, 0.3) is 0 Å². The first-order valence-electron chi connectivity index (χ1n) is 8.35. The molecule has 0 aliphatic rings. The fraction of sp³-hybridized carbons (Fsp3) is 0.143. The van der Waals surface area contributed by atoms with Gasteiger partial charge in [-0.05, 0) is 53.9 Å². The van der Waals surface area contributed by atoms with Crippen LogP contribution in [0.15, 0.2) is 67.1 Å². The van der Waals surface area contributed by atoms with Crippen LogP contribution in [0.25, 0.3) is 11.3 Å². The predicted molar refractivity (Wildman–Crippen MR) is 98.8 cm³/mol. The number of pyridine rings is 2. The number of carbonyl (C=O) groups excluding carboxylic acids is 1. The van der Waals surface area contributed by atoms with Crippen LogP contribution in [0.3, 0.4) is 0 Å². The van der Waals surface area contributed by atoms with Crippen LogP contribution in [0.5, 0.6) is 0 Å². The molecule has 2 aromatic heterocycles. The topological polar surface area (TPSA) is 78.7 Å². The molecule has 1 N–H and O–H groups in total. The minimum atomic E-state index is -0.00546. The number of aryl methyl sites for hydroxylation is 1. The summed E-state index contributed by atoms with van der Waals surface area (Å²) in [5, 5.41) is 11.7. The number of benzene rings is 1. The Labute approximate surface area is 152 Å². The van der Waals surface area contributed by atoms with Crippen molar-refractivity contribution in [3.8, 4) is 17.3 Å². The highest BCUT2D eigenvalue weighted by Crippen LogP contribution is 2.16. The van der Waals surface area contributed by atoms with Crippen LogP contribution in [0.1, 0.15) is 23.1 Å². The van der Waals surface area contributed by atoms with E-state index in [9.17, 15) is 4.79 Å². The molecule has 0 unspecified atom stereocenters. The highest BCUT2D eigenvalue weighted by Gasteiger charge is 2.05. The molecule has 0 fully saturated rings. The van der Waals surface area contributed by atoms with Gasteiger partial charge in [0.05, 0.1) is 17.3 Å². The van der Waals surface area contributed by atoms with Gasteiger partial charge in [0, 0.05) is 37.1 Å². The van der Waals surface area contributed by atoms with Gasteiger partial charge in [0.1, 0.15) is 0 Å². The number of nitrogens with one attached hydrogen (secondary N) is 1. The Kier molecular flexibility index (Phi) is 5.69. The third kappa shape index (κ3) is 4.74. The quantitative estimate of drug-likeness (QED) is 0.746. The average Bonchev–Trinajstić information content (AvgIpc) is 2.72. The summed E-state index contributed by atoms with van der Waals surface area (Å²) >= 11 is 0. The molecule has 0 radical (unpaired) electrons. The highest BCUT2D eigenvalue weighted by molar-refractivity contribution is 5.76. The summed E-state index contributed by atoms with van der Waals surface area (Å²) in [5.41, 5.74) is 4.44. The van der Waals surface area contributed by atoms with Crippen molar-refractivity contribution < 1.29 is 4.79 Å². The van der Waals surface area contributed by atoms with E-state index in [1.807, 2.05) is 36.4 Å². The van der Waals surface area contributed by atoms with Crippen molar-refractivity contribution in [2.75, 3.05) is 0 Å². The van der Waals surface area contributed by atoms with Gasteiger partial charge in [-0.3, -0.25) is 14.8 Å². The molecule has 0 atom stereocenters. The summed E-state index contributed by atoms with van der Waals surface area (Å²) < 4.78 is 0. The Morgan fingerprint density at radius 1 is 1.08 bits per heavy atom. The van der Waals surface area contributed by atoms with E-state index >= 15 is 0 Å². The molecule has 128 valence electrons. The van der Waals surface area contributed by atoms with Crippen molar-refractivity contribution in [1.82, 2.24) is 15.3 Å². The van der Waals surface area contributed by atoms with Crippen molar-refractivity contribution >= 4 is 5.91 Å². The molecule has 1 amide bonds. The Morgan fingerprint density at radius 3 is 2.65 bits per heavy atom. The zero-order valence-corrected chi connectivity index (χ0v) is 14.2. The fourth-order valence-electron chi connectivity index (χ4n) is 2.55. The first-order chi connectivity index (χ1) is 12.7. The van der Waals surface area contributed by atoms with Crippen molar-refractivity contribution in [3.05, 3.63) is 83.8 Å². The largest absolute Gasteiger partial charge is 0.352 e. The molecule has 2 heterocycles. The second kappa shape index (κ2) is 8.54. The SMILES string of the molecule is N#Cc1ccc(CCC(=O)NCc2ccnc(-c3cccnc3)c2)cc1. The molecule has 3 rings (SSSR count). The number of hydrogen-bond donors (Lipinski definition) is 1. The molecule has 0 saturated heterocycles.